The monoisotopic (exact) mass is 369 g/mol. The van der Waals surface area contributed by atoms with Gasteiger partial charge in [-0.1, -0.05) is 6.08 Å². The molecule has 2 heterocycles. The van der Waals surface area contributed by atoms with E-state index < -0.39 is 7.60 Å². The lowest BCUT2D eigenvalue weighted by atomic mass is 10.5. The van der Waals surface area contributed by atoms with Gasteiger partial charge in [-0.3, -0.25) is 4.57 Å². The van der Waals surface area contributed by atoms with E-state index in [1.54, 1.807) is 6.08 Å². The van der Waals surface area contributed by atoms with Crippen LogP contribution in [0.2, 0.25) is 0 Å². The topological polar surface area (TPSA) is 114 Å². The van der Waals surface area contributed by atoms with Gasteiger partial charge in [0.05, 0.1) is 12.2 Å². The van der Waals surface area contributed by atoms with Crippen LogP contribution < -0.4 is 10.6 Å². The standard InChI is InChI=1S/C15H24N5O4P/c1-11(2)23-25(21,24-12(3)4)8-6-5-7-22-20-10-19-13-14(16)17-9-18-15(13)20/h6,8-12H,5,7H2,1-4H3,(H2,16,17,18)/b8-6+. The predicted octanol–water partition coefficient (Wildman–Crippen LogP) is 2.78. The van der Waals surface area contributed by atoms with Gasteiger partial charge in [0.2, 0.25) is 5.65 Å². The summed E-state index contributed by atoms with van der Waals surface area (Å²) in [6, 6.07) is 0. The van der Waals surface area contributed by atoms with E-state index in [1.807, 2.05) is 27.7 Å². The van der Waals surface area contributed by atoms with Gasteiger partial charge in [0.15, 0.2) is 11.3 Å². The lowest BCUT2D eigenvalue weighted by Gasteiger charge is -2.19. The average molecular weight is 369 g/mol. The third-order valence-corrected chi connectivity index (χ3v) is 4.86. The first-order chi connectivity index (χ1) is 11.8. The first-order valence-corrected chi connectivity index (χ1v) is 9.63. The van der Waals surface area contributed by atoms with Gasteiger partial charge in [-0.05, 0) is 27.7 Å². The van der Waals surface area contributed by atoms with Gasteiger partial charge in [0.1, 0.15) is 19.3 Å². The van der Waals surface area contributed by atoms with Crippen molar-refractivity contribution in [3.63, 3.8) is 0 Å². The van der Waals surface area contributed by atoms with Crippen molar-refractivity contribution in [2.75, 3.05) is 12.3 Å². The number of hydrogen-bond acceptors (Lipinski definition) is 8. The molecule has 0 bridgehead atoms. The molecule has 0 saturated carbocycles. The quantitative estimate of drug-likeness (QED) is 0.530. The molecule has 0 fully saturated rings. The Kier molecular flexibility index (Phi) is 6.52. The van der Waals surface area contributed by atoms with Crippen molar-refractivity contribution in [3.05, 3.63) is 24.5 Å². The highest BCUT2D eigenvalue weighted by Gasteiger charge is 2.23. The summed E-state index contributed by atoms with van der Waals surface area (Å²) in [5, 5.41) is 0. The van der Waals surface area contributed by atoms with Crippen LogP contribution in [0.1, 0.15) is 34.1 Å². The third-order valence-electron chi connectivity index (χ3n) is 2.85. The summed E-state index contributed by atoms with van der Waals surface area (Å²) in [4.78, 5) is 17.6. The molecule has 2 rings (SSSR count). The molecule has 0 aliphatic heterocycles. The SMILES string of the molecule is CC(C)OP(=O)(/C=C/CCOn1cnc2c(N)ncnc21)OC(C)C. The predicted molar refractivity (Wildman–Crippen MR) is 95.0 cm³/mol. The first-order valence-electron chi connectivity index (χ1n) is 8.02. The molecule has 0 atom stereocenters. The van der Waals surface area contributed by atoms with Gasteiger partial charge < -0.3 is 19.6 Å². The second-order valence-corrected chi connectivity index (χ2v) is 7.66. The fourth-order valence-corrected chi connectivity index (χ4v) is 3.81. The van der Waals surface area contributed by atoms with E-state index in [2.05, 4.69) is 15.0 Å². The molecule has 0 amide bonds. The van der Waals surface area contributed by atoms with Crippen molar-refractivity contribution in [2.45, 2.75) is 46.3 Å². The van der Waals surface area contributed by atoms with Crippen molar-refractivity contribution >= 4 is 24.6 Å². The highest BCUT2D eigenvalue weighted by Crippen LogP contribution is 2.52. The van der Waals surface area contributed by atoms with E-state index in [9.17, 15) is 4.57 Å². The van der Waals surface area contributed by atoms with Crippen LogP contribution in [0, 0.1) is 0 Å². The summed E-state index contributed by atoms with van der Waals surface area (Å²) in [5.41, 5.74) is 6.70. The number of aromatic nitrogens is 4. The minimum Gasteiger partial charge on any atom is -0.410 e. The number of hydrogen-bond donors (Lipinski definition) is 1. The van der Waals surface area contributed by atoms with Crippen LogP contribution in [0.25, 0.3) is 11.2 Å². The second-order valence-electron chi connectivity index (χ2n) is 5.86. The highest BCUT2D eigenvalue weighted by molar-refractivity contribution is 7.57. The van der Waals surface area contributed by atoms with Crippen molar-refractivity contribution < 1.29 is 18.5 Å². The molecule has 0 spiro atoms. The molecule has 2 N–H and O–H groups in total. The van der Waals surface area contributed by atoms with E-state index in [0.717, 1.165) is 0 Å². The van der Waals surface area contributed by atoms with Crippen molar-refractivity contribution in [1.29, 1.82) is 0 Å². The van der Waals surface area contributed by atoms with Crippen LogP contribution in [-0.4, -0.2) is 38.5 Å². The zero-order valence-electron chi connectivity index (χ0n) is 14.8. The molecule has 10 heteroatoms. The molecule has 138 valence electrons. The fraction of sp³-hybridized carbons (Fsp3) is 0.533. The van der Waals surface area contributed by atoms with Gasteiger partial charge in [-0.2, -0.15) is 4.73 Å². The molecule has 0 unspecified atom stereocenters. The van der Waals surface area contributed by atoms with Crippen LogP contribution in [0.15, 0.2) is 24.5 Å². The van der Waals surface area contributed by atoms with Gasteiger partial charge >= 0.3 is 7.60 Å². The second kappa shape index (κ2) is 8.42. The van der Waals surface area contributed by atoms with E-state index in [-0.39, 0.29) is 12.2 Å². The maximum Gasteiger partial charge on any atom is 0.354 e. The van der Waals surface area contributed by atoms with Gasteiger partial charge in [-0.15, -0.1) is 0 Å². The molecular formula is C15H24N5O4P. The third kappa shape index (κ3) is 5.52. The molecule has 0 aliphatic rings. The lowest BCUT2D eigenvalue weighted by molar-refractivity contribution is 0.121. The number of rotatable bonds is 9. The maximum absolute atomic E-state index is 12.6. The Morgan fingerprint density at radius 3 is 2.52 bits per heavy atom. The molecule has 2 aromatic rings. The number of nitrogens with two attached hydrogens (primary N) is 1. The van der Waals surface area contributed by atoms with E-state index >= 15 is 0 Å². The molecule has 9 nitrogen and oxygen atoms in total. The molecule has 0 aromatic carbocycles. The van der Waals surface area contributed by atoms with Crippen molar-refractivity contribution in [1.82, 2.24) is 19.7 Å². The van der Waals surface area contributed by atoms with Crippen molar-refractivity contribution in [2.24, 2.45) is 0 Å². The van der Waals surface area contributed by atoms with E-state index in [0.29, 0.717) is 30.0 Å². The number of imidazole rings is 1. The Hall–Kier alpha value is -1.96. The number of nitrogens with zero attached hydrogens (tertiary/aromatic N) is 4. The molecule has 25 heavy (non-hydrogen) atoms. The lowest BCUT2D eigenvalue weighted by Crippen LogP contribution is -2.12. The van der Waals surface area contributed by atoms with E-state index in [4.69, 9.17) is 19.6 Å². The minimum absolute atomic E-state index is 0.201. The maximum atomic E-state index is 12.6. The smallest absolute Gasteiger partial charge is 0.354 e. The molecule has 2 aromatic heterocycles. The summed E-state index contributed by atoms with van der Waals surface area (Å²) in [7, 11) is -3.27. The molecular weight excluding hydrogens is 345 g/mol. The Morgan fingerprint density at radius 1 is 1.20 bits per heavy atom. The molecule has 0 radical (unpaired) electrons. The Morgan fingerprint density at radius 2 is 1.88 bits per heavy atom. The zero-order chi connectivity index (χ0) is 18.4. The fourth-order valence-electron chi connectivity index (χ4n) is 2.03. The van der Waals surface area contributed by atoms with E-state index in [1.165, 1.54) is 23.2 Å². The number of nitrogen functional groups attached to an aromatic ring is 1. The summed E-state index contributed by atoms with van der Waals surface area (Å²) in [6.45, 7) is 7.57. The van der Waals surface area contributed by atoms with Crippen LogP contribution in [0.4, 0.5) is 5.82 Å². The number of anilines is 1. The Balaban J connectivity index is 1.93. The zero-order valence-corrected chi connectivity index (χ0v) is 15.7. The Bertz CT molecular complexity index is 760. The van der Waals surface area contributed by atoms with Gasteiger partial charge in [-0.25, -0.2) is 15.0 Å². The first kappa shape index (κ1) is 19.4. The Labute approximate surface area is 146 Å². The van der Waals surface area contributed by atoms with Crippen LogP contribution in [0.3, 0.4) is 0 Å². The number of fused-ring (bicyclic) bond motifs is 1. The molecule has 0 aliphatic carbocycles. The summed E-state index contributed by atoms with van der Waals surface area (Å²) in [6.07, 6.45) is 4.65. The minimum atomic E-state index is -3.27. The summed E-state index contributed by atoms with van der Waals surface area (Å²) < 4.78 is 24.9. The average Bonchev–Trinajstić information content (AvgIpc) is 2.90. The summed E-state index contributed by atoms with van der Waals surface area (Å²) in [5.74, 6) is 1.77. The van der Waals surface area contributed by atoms with Gasteiger partial charge in [0, 0.05) is 12.2 Å². The normalized spacial score (nSPS) is 12.7. The van der Waals surface area contributed by atoms with Crippen LogP contribution >= 0.6 is 7.60 Å². The molecule has 0 saturated heterocycles. The summed E-state index contributed by atoms with van der Waals surface area (Å²) >= 11 is 0. The van der Waals surface area contributed by atoms with Crippen LogP contribution in [-0.2, 0) is 13.6 Å². The van der Waals surface area contributed by atoms with Gasteiger partial charge in [0.25, 0.3) is 0 Å². The van der Waals surface area contributed by atoms with Crippen molar-refractivity contribution in [3.8, 4) is 0 Å². The van der Waals surface area contributed by atoms with Crippen LogP contribution in [0.5, 0.6) is 0 Å². The highest BCUT2D eigenvalue weighted by atomic mass is 31.2. The largest absolute Gasteiger partial charge is 0.410 e.